The largest absolute Gasteiger partial charge is 0.748 e. The van der Waals surface area contributed by atoms with E-state index in [0.29, 0.717) is 30.1 Å². The number of ether oxygens (including phenoxy) is 2. The van der Waals surface area contributed by atoms with E-state index < -0.39 is 16.2 Å². The Kier molecular flexibility index (Phi) is 37.9. The summed E-state index contributed by atoms with van der Waals surface area (Å²) in [7, 11) is 2.29. The summed E-state index contributed by atoms with van der Waals surface area (Å²) in [5.74, 6) is -0.350. The first-order chi connectivity index (χ1) is 24.8. The number of rotatable bonds is 35. The molecule has 0 amide bonds. The molecular weight excluding hydrogens is 675 g/mol. The zero-order chi connectivity index (χ0) is 39.2. The highest BCUT2D eigenvalue weighted by molar-refractivity contribution is 7.84. The summed E-state index contributed by atoms with van der Waals surface area (Å²) in [5, 5.41) is 0. The van der Waals surface area contributed by atoms with Gasteiger partial charge >= 0.3 is 11.9 Å². The molecule has 0 fully saturated rings. The Balaban J connectivity index is 0. The maximum atomic E-state index is 12.6. The number of unbranched alkanes of at least 4 members (excludes halogenated alkanes) is 22. The second-order valence-corrected chi connectivity index (χ2v) is 17.0. The van der Waals surface area contributed by atoms with Crippen molar-refractivity contribution in [2.75, 3.05) is 40.6 Å². The molecule has 52 heavy (non-hydrogen) atoms. The van der Waals surface area contributed by atoms with E-state index in [-0.39, 0.29) is 18.5 Å². The van der Waals surface area contributed by atoms with Crippen molar-refractivity contribution in [1.29, 1.82) is 0 Å². The molecule has 0 aliphatic heterocycles. The van der Waals surface area contributed by atoms with Crippen LogP contribution in [0.25, 0.3) is 0 Å². The number of nitrogens with zero attached hydrogens (tertiary/aromatic N) is 1. The van der Waals surface area contributed by atoms with Crippen molar-refractivity contribution in [2.45, 2.75) is 200 Å². The van der Waals surface area contributed by atoms with Crippen LogP contribution in [0.1, 0.15) is 194 Å². The van der Waals surface area contributed by atoms with Crippen molar-refractivity contribution < 1.29 is 36.5 Å². The van der Waals surface area contributed by atoms with E-state index >= 15 is 0 Å². The van der Waals surface area contributed by atoms with Gasteiger partial charge in [0.1, 0.15) is 13.2 Å². The summed E-state index contributed by atoms with van der Waals surface area (Å²) in [5.41, 5.74) is 0. The molecule has 0 aliphatic rings. The Morgan fingerprint density at radius 3 is 1.21 bits per heavy atom. The van der Waals surface area contributed by atoms with Gasteiger partial charge in [-0.25, -0.2) is 8.42 Å². The minimum absolute atomic E-state index is 0.150. The highest BCUT2D eigenvalue weighted by Crippen LogP contribution is 2.13. The predicted molar refractivity (Wildman–Crippen MR) is 218 cm³/mol. The van der Waals surface area contributed by atoms with Crippen molar-refractivity contribution in [2.24, 2.45) is 0 Å². The molecule has 1 atom stereocenters. The van der Waals surface area contributed by atoms with Crippen LogP contribution in [0, 0.1) is 0 Å². The van der Waals surface area contributed by atoms with Crippen LogP contribution in [0.3, 0.4) is 0 Å². The molecule has 0 rings (SSSR count). The van der Waals surface area contributed by atoms with Crippen LogP contribution >= 0.6 is 0 Å². The smallest absolute Gasteiger partial charge is 0.306 e. The molecule has 0 aromatic rings. The van der Waals surface area contributed by atoms with E-state index in [1.807, 2.05) is 0 Å². The number of hydrogen-bond acceptors (Lipinski definition) is 7. The van der Waals surface area contributed by atoms with Gasteiger partial charge in [-0.05, 0) is 64.2 Å². The van der Waals surface area contributed by atoms with E-state index in [1.165, 1.54) is 128 Å². The SMILES string of the molecule is CCCCCCCC/C=C\CCCCCCCC(=O)OCC(C[N+](C)(C)C)OC(=O)CCCCCCC/C=C\CCCCCCCC.CS(=O)(=O)[O-]. The standard InChI is InChI=1S/C42H80NO4.CH4O3S/c1-6-8-10-12-14-16-18-20-22-24-26-28-30-32-34-36-41(44)46-39-40(38-43(3,4)5)47-42(45)37-35-33-31-29-27-25-23-21-19-17-15-13-11-9-7-2;1-5(2,3)4/h20-23,40H,6-19,24-39H2,1-5H3;1H3,(H,2,3,4)/q+1;/p-1/b22-20-,23-21-;. The molecule has 0 radical (unpaired) electrons. The molecule has 9 heteroatoms. The average molecular weight is 758 g/mol. The Labute approximate surface area is 322 Å². The Hall–Kier alpha value is -1.71. The van der Waals surface area contributed by atoms with Gasteiger partial charge in [0.25, 0.3) is 0 Å². The van der Waals surface area contributed by atoms with E-state index in [0.717, 1.165) is 38.5 Å². The molecule has 0 heterocycles. The number of allylic oxidation sites excluding steroid dienone is 4. The zero-order valence-corrected chi connectivity index (χ0v) is 35.6. The van der Waals surface area contributed by atoms with Crippen LogP contribution in [0.15, 0.2) is 24.3 Å². The molecule has 0 aromatic carbocycles. The van der Waals surface area contributed by atoms with E-state index in [2.05, 4.69) is 59.3 Å². The number of likely N-dealkylation sites (N-methyl/N-ethyl adjacent to an activating group) is 1. The normalized spacial score (nSPS) is 12.6. The highest BCUT2D eigenvalue weighted by Gasteiger charge is 2.23. The first-order valence-electron chi connectivity index (χ1n) is 21.1. The minimum Gasteiger partial charge on any atom is -0.748 e. The fourth-order valence-corrected chi connectivity index (χ4v) is 5.92. The first-order valence-corrected chi connectivity index (χ1v) is 23.0. The van der Waals surface area contributed by atoms with Gasteiger partial charge in [-0.2, -0.15) is 0 Å². The van der Waals surface area contributed by atoms with Crippen LogP contribution in [0.2, 0.25) is 0 Å². The van der Waals surface area contributed by atoms with Crippen LogP contribution in [-0.2, 0) is 29.2 Å². The van der Waals surface area contributed by atoms with Gasteiger partial charge in [-0.3, -0.25) is 9.59 Å². The van der Waals surface area contributed by atoms with Gasteiger partial charge in [-0.1, -0.05) is 141 Å². The fraction of sp³-hybridized carbons (Fsp3) is 0.860. The molecule has 1 unspecified atom stereocenters. The van der Waals surface area contributed by atoms with E-state index in [4.69, 9.17) is 22.4 Å². The number of quaternary nitrogens is 1. The topological polar surface area (TPSA) is 110 Å². The maximum absolute atomic E-state index is 12.6. The predicted octanol–water partition coefficient (Wildman–Crippen LogP) is 11.4. The lowest BCUT2D eigenvalue weighted by Gasteiger charge is -2.28. The van der Waals surface area contributed by atoms with Crippen molar-refractivity contribution in [3.63, 3.8) is 0 Å². The summed E-state index contributed by atoms with van der Waals surface area (Å²) in [4.78, 5) is 24.9. The lowest BCUT2D eigenvalue weighted by molar-refractivity contribution is -0.873. The van der Waals surface area contributed by atoms with Crippen molar-refractivity contribution >= 4 is 22.1 Å². The summed E-state index contributed by atoms with van der Waals surface area (Å²) >= 11 is 0. The van der Waals surface area contributed by atoms with Crippen LogP contribution < -0.4 is 0 Å². The second kappa shape index (κ2) is 37.6. The number of carbonyl (C=O) groups excluding carboxylic acids is 2. The van der Waals surface area contributed by atoms with Gasteiger partial charge in [0.05, 0.1) is 31.3 Å². The number of esters is 2. The molecule has 308 valence electrons. The monoisotopic (exact) mass is 758 g/mol. The Morgan fingerprint density at radius 1 is 0.558 bits per heavy atom. The number of carbonyl (C=O) groups is 2. The van der Waals surface area contributed by atoms with Gasteiger partial charge in [0.2, 0.25) is 0 Å². The van der Waals surface area contributed by atoms with Gasteiger partial charge in [-0.15, -0.1) is 0 Å². The van der Waals surface area contributed by atoms with Crippen molar-refractivity contribution in [3.8, 4) is 0 Å². The van der Waals surface area contributed by atoms with E-state index in [9.17, 15) is 9.59 Å². The lowest BCUT2D eigenvalue weighted by atomic mass is 10.1. The third-order valence-corrected chi connectivity index (χ3v) is 8.77. The van der Waals surface area contributed by atoms with Gasteiger partial charge in [0, 0.05) is 19.1 Å². The maximum Gasteiger partial charge on any atom is 0.306 e. The quantitative estimate of drug-likeness (QED) is 0.0208. The minimum atomic E-state index is -3.92. The molecule has 0 N–H and O–H groups in total. The number of hydrogen-bond donors (Lipinski definition) is 0. The highest BCUT2D eigenvalue weighted by atomic mass is 32.2. The second-order valence-electron chi connectivity index (χ2n) is 15.6. The zero-order valence-electron chi connectivity index (χ0n) is 34.8. The van der Waals surface area contributed by atoms with Crippen LogP contribution in [-0.4, -0.2) is 76.0 Å². The summed E-state index contributed by atoms with van der Waals surface area (Å²) < 4.78 is 39.2. The Morgan fingerprint density at radius 2 is 0.865 bits per heavy atom. The summed E-state index contributed by atoms with van der Waals surface area (Å²) in [6.45, 7) is 5.31. The van der Waals surface area contributed by atoms with Gasteiger partial charge in [0.15, 0.2) is 6.10 Å². The van der Waals surface area contributed by atoms with Gasteiger partial charge < -0.3 is 18.5 Å². The first kappa shape index (κ1) is 52.4. The molecule has 0 bridgehead atoms. The Bertz CT molecular complexity index is 964. The molecule has 0 saturated heterocycles. The summed E-state index contributed by atoms with van der Waals surface area (Å²) in [6, 6.07) is 0. The molecule has 8 nitrogen and oxygen atoms in total. The van der Waals surface area contributed by atoms with Crippen LogP contribution in [0.4, 0.5) is 0 Å². The van der Waals surface area contributed by atoms with Crippen LogP contribution in [0.5, 0.6) is 0 Å². The fourth-order valence-electron chi connectivity index (χ4n) is 5.92. The average Bonchev–Trinajstić information content (AvgIpc) is 3.05. The summed E-state index contributed by atoms with van der Waals surface area (Å²) in [6.07, 6.45) is 42.7. The third kappa shape index (κ3) is 50.4. The van der Waals surface area contributed by atoms with E-state index in [1.54, 1.807) is 0 Å². The molecule has 0 saturated carbocycles. The third-order valence-electron chi connectivity index (χ3n) is 8.77. The van der Waals surface area contributed by atoms with Crippen molar-refractivity contribution in [3.05, 3.63) is 24.3 Å². The molecule has 0 aliphatic carbocycles. The molecular formula is C43H83NO7S. The van der Waals surface area contributed by atoms with Crippen molar-refractivity contribution in [1.82, 2.24) is 0 Å². The lowest BCUT2D eigenvalue weighted by Crippen LogP contribution is -2.45. The molecule has 0 spiro atoms. The molecule has 0 aromatic heterocycles.